The third kappa shape index (κ3) is 2.06. The molecule has 3 aromatic rings. The number of rotatable bonds is 2. The van der Waals surface area contributed by atoms with Crippen molar-refractivity contribution in [2.75, 3.05) is 12.3 Å². The largest absolute Gasteiger partial charge is 0.383 e. The highest BCUT2D eigenvalue weighted by atomic mass is 15.0. The fourth-order valence-electron chi connectivity index (χ4n) is 2.48. The number of anilines is 1. The summed E-state index contributed by atoms with van der Waals surface area (Å²) in [5.74, 6) is 1.11. The van der Waals surface area contributed by atoms with Crippen LogP contribution in [0.25, 0.3) is 21.9 Å². The maximum absolute atomic E-state index is 6.03. The molecule has 0 aliphatic carbocycles. The van der Waals surface area contributed by atoms with Gasteiger partial charge in [0, 0.05) is 11.8 Å². The lowest BCUT2D eigenvalue weighted by Crippen LogP contribution is -2.08. The van der Waals surface area contributed by atoms with Crippen LogP contribution in [0, 0.1) is 13.8 Å². The van der Waals surface area contributed by atoms with E-state index < -0.39 is 0 Å². The normalized spacial score (nSPS) is 11.3. The van der Waals surface area contributed by atoms with E-state index >= 15 is 0 Å². The Morgan fingerprint density at radius 1 is 1.00 bits per heavy atom. The standard InChI is InChI=1S/C15H17N5/c1-8-5-9(2)10-7-11-14(17)19-13(3-4-16)20-15(11)18-12(10)6-8/h5-7H,3-4,16H2,1-2H3,(H2,17,18,19,20). The molecule has 0 atom stereocenters. The van der Waals surface area contributed by atoms with Crippen LogP contribution < -0.4 is 11.5 Å². The van der Waals surface area contributed by atoms with Gasteiger partial charge in [0.25, 0.3) is 0 Å². The fraction of sp³-hybridized carbons (Fsp3) is 0.267. The topological polar surface area (TPSA) is 90.7 Å². The van der Waals surface area contributed by atoms with Crippen LogP contribution in [0.15, 0.2) is 18.2 Å². The van der Waals surface area contributed by atoms with Gasteiger partial charge in [0.15, 0.2) is 5.65 Å². The molecule has 2 aromatic heterocycles. The van der Waals surface area contributed by atoms with E-state index in [0.29, 0.717) is 30.3 Å². The maximum Gasteiger partial charge on any atom is 0.165 e. The number of nitrogens with two attached hydrogens (primary N) is 2. The number of nitrogens with zero attached hydrogens (tertiary/aromatic N) is 3. The molecule has 0 unspecified atom stereocenters. The molecule has 5 heteroatoms. The van der Waals surface area contributed by atoms with Crippen LogP contribution in [0.3, 0.4) is 0 Å². The molecule has 0 bridgehead atoms. The monoisotopic (exact) mass is 267 g/mol. The molecular formula is C15H17N5. The van der Waals surface area contributed by atoms with Gasteiger partial charge in [-0.25, -0.2) is 15.0 Å². The molecule has 0 saturated carbocycles. The minimum Gasteiger partial charge on any atom is -0.383 e. The molecule has 0 aliphatic rings. The molecule has 3 rings (SSSR count). The van der Waals surface area contributed by atoms with Gasteiger partial charge in [0.2, 0.25) is 0 Å². The maximum atomic E-state index is 6.03. The molecule has 0 spiro atoms. The van der Waals surface area contributed by atoms with E-state index in [1.807, 2.05) is 6.07 Å². The predicted molar refractivity (Wildman–Crippen MR) is 81.5 cm³/mol. The summed E-state index contributed by atoms with van der Waals surface area (Å²) in [6, 6.07) is 6.21. The van der Waals surface area contributed by atoms with E-state index in [2.05, 4.69) is 40.9 Å². The summed E-state index contributed by atoms with van der Waals surface area (Å²) in [6.45, 7) is 4.63. The molecule has 1 aromatic carbocycles. The van der Waals surface area contributed by atoms with Gasteiger partial charge in [-0.05, 0) is 43.7 Å². The molecule has 4 N–H and O–H groups in total. The van der Waals surface area contributed by atoms with Crippen LogP contribution in [-0.4, -0.2) is 21.5 Å². The van der Waals surface area contributed by atoms with Gasteiger partial charge in [-0.1, -0.05) is 6.07 Å². The van der Waals surface area contributed by atoms with Crippen molar-refractivity contribution in [3.63, 3.8) is 0 Å². The summed E-state index contributed by atoms with van der Waals surface area (Å²) in [4.78, 5) is 13.4. The number of nitrogen functional groups attached to an aromatic ring is 1. The van der Waals surface area contributed by atoms with Crippen LogP contribution in [0.5, 0.6) is 0 Å². The smallest absolute Gasteiger partial charge is 0.165 e. The Bertz CT molecular complexity index is 810. The highest BCUT2D eigenvalue weighted by Gasteiger charge is 2.09. The van der Waals surface area contributed by atoms with Crippen LogP contribution in [0.2, 0.25) is 0 Å². The zero-order chi connectivity index (χ0) is 14.3. The van der Waals surface area contributed by atoms with Crippen LogP contribution in [0.4, 0.5) is 5.82 Å². The Morgan fingerprint density at radius 3 is 2.55 bits per heavy atom. The first-order valence-electron chi connectivity index (χ1n) is 6.62. The lowest BCUT2D eigenvalue weighted by Gasteiger charge is -2.08. The van der Waals surface area contributed by atoms with Gasteiger partial charge in [-0.3, -0.25) is 0 Å². The average molecular weight is 267 g/mol. The van der Waals surface area contributed by atoms with Crippen molar-refractivity contribution in [1.82, 2.24) is 15.0 Å². The van der Waals surface area contributed by atoms with Crippen LogP contribution in [-0.2, 0) is 6.42 Å². The SMILES string of the molecule is Cc1cc(C)c2cc3c(N)nc(CCN)nc3nc2c1. The predicted octanol–water partition coefficient (Wildman–Crippen LogP) is 1.88. The lowest BCUT2D eigenvalue weighted by molar-refractivity contribution is 0.879. The molecule has 5 nitrogen and oxygen atoms in total. The molecule has 20 heavy (non-hydrogen) atoms. The number of hydrogen-bond donors (Lipinski definition) is 2. The summed E-state index contributed by atoms with van der Waals surface area (Å²) < 4.78 is 0. The number of benzene rings is 1. The Kier molecular flexibility index (Phi) is 2.99. The minimum atomic E-state index is 0.466. The van der Waals surface area contributed by atoms with Gasteiger partial charge in [-0.15, -0.1) is 0 Å². The van der Waals surface area contributed by atoms with Crippen molar-refractivity contribution < 1.29 is 0 Å². The summed E-state index contributed by atoms with van der Waals surface area (Å²) >= 11 is 0. The molecular weight excluding hydrogens is 250 g/mol. The second-order valence-electron chi connectivity index (χ2n) is 5.07. The number of fused-ring (bicyclic) bond motifs is 2. The molecule has 0 aliphatic heterocycles. The highest BCUT2D eigenvalue weighted by molar-refractivity contribution is 5.97. The van der Waals surface area contributed by atoms with Crippen LogP contribution >= 0.6 is 0 Å². The number of hydrogen-bond acceptors (Lipinski definition) is 5. The second-order valence-corrected chi connectivity index (χ2v) is 5.07. The van der Waals surface area contributed by atoms with Gasteiger partial charge in [0.05, 0.1) is 10.9 Å². The zero-order valence-electron chi connectivity index (χ0n) is 11.6. The van der Waals surface area contributed by atoms with Gasteiger partial charge in [0.1, 0.15) is 11.6 Å². The molecule has 0 amide bonds. The third-order valence-corrected chi connectivity index (χ3v) is 3.39. The fourth-order valence-corrected chi connectivity index (χ4v) is 2.48. The average Bonchev–Trinajstić information content (AvgIpc) is 2.37. The molecule has 0 fully saturated rings. The zero-order valence-corrected chi connectivity index (χ0v) is 11.6. The Balaban J connectivity index is 2.35. The Hall–Kier alpha value is -2.27. The van der Waals surface area contributed by atoms with Crippen molar-refractivity contribution in [3.05, 3.63) is 35.2 Å². The summed E-state index contributed by atoms with van der Waals surface area (Å²) in [6.07, 6.45) is 0.604. The number of aryl methyl sites for hydroxylation is 2. The molecule has 0 radical (unpaired) electrons. The summed E-state index contributed by atoms with van der Waals surface area (Å²) in [7, 11) is 0. The number of pyridine rings is 1. The Labute approximate surface area is 117 Å². The quantitative estimate of drug-likeness (QED) is 0.692. The highest BCUT2D eigenvalue weighted by Crippen LogP contribution is 2.25. The summed E-state index contributed by atoms with van der Waals surface area (Å²) in [5.41, 5.74) is 15.5. The van der Waals surface area contributed by atoms with E-state index in [4.69, 9.17) is 11.5 Å². The van der Waals surface area contributed by atoms with Gasteiger partial charge in [-0.2, -0.15) is 0 Å². The van der Waals surface area contributed by atoms with E-state index in [-0.39, 0.29) is 0 Å². The van der Waals surface area contributed by atoms with Gasteiger partial charge >= 0.3 is 0 Å². The first kappa shape index (κ1) is 12.7. The molecule has 102 valence electrons. The number of aromatic nitrogens is 3. The van der Waals surface area contributed by atoms with Crippen molar-refractivity contribution in [2.45, 2.75) is 20.3 Å². The second kappa shape index (κ2) is 4.68. The van der Waals surface area contributed by atoms with E-state index in [1.54, 1.807) is 0 Å². The first-order chi connectivity index (χ1) is 9.58. The van der Waals surface area contributed by atoms with Gasteiger partial charge < -0.3 is 11.5 Å². The summed E-state index contributed by atoms with van der Waals surface area (Å²) in [5, 5.41) is 1.88. The van der Waals surface area contributed by atoms with E-state index in [1.165, 1.54) is 11.1 Å². The Morgan fingerprint density at radius 2 is 1.80 bits per heavy atom. The van der Waals surface area contributed by atoms with E-state index in [0.717, 1.165) is 16.3 Å². The lowest BCUT2D eigenvalue weighted by atomic mass is 10.1. The van der Waals surface area contributed by atoms with Crippen molar-refractivity contribution in [1.29, 1.82) is 0 Å². The van der Waals surface area contributed by atoms with Crippen molar-refractivity contribution in [3.8, 4) is 0 Å². The van der Waals surface area contributed by atoms with Crippen molar-refractivity contribution >= 4 is 27.8 Å². The molecule has 0 saturated heterocycles. The first-order valence-corrected chi connectivity index (χ1v) is 6.62. The van der Waals surface area contributed by atoms with Crippen molar-refractivity contribution in [2.24, 2.45) is 5.73 Å². The van der Waals surface area contributed by atoms with Crippen LogP contribution in [0.1, 0.15) is 17.0 Å². The van der Waals surface area contributed by atoms with E-state index in [9.17, 15) is 0 Å². The molecule has 2 heterocycles. The minimum absolute atomic E-state index is 0.466. The third-order valence-electron chi connectivity index (χ3n) is 3.39.